The van der Waals surface area contributed by atoms with Gasteiger partial charge < -0.3 is 15.0 Å². The minimum Gasteiger partial charge on any atom is -0.457 e. The van der Waals surface area contributed by atoms with E-state index in [0.29, 0.717) is 27.1 Å². The molecule has 5 rings (SSSR count). The molecule has 1 saturated carbocycles. The standard InChI is InChI=1S/C37H39Cl2N3O5S/c1-26-16-22-32(23-17-26)48(45,46)42(29-18-20-31(21-19-29)47-30-12-7-4-8-13-30)25-36(43)41(24-33-34(38)14-9-15-35(33)39)27(2)37(44)40-28-10-5-3-6-11-28/h4,7-9,12-23,27-28H,3,5-6,10-11,24-25H2,1-2H3,(H,40,44)/t27-/m1/s1. The Bertz CT molecular complexity index is 1790. The van der Waals surface area contributed by atoms with Crippen molar-refractivity contribution in [3.63, 3.8) is 0 Å². The van der Waals surface area contributed by atoms with Crippen molar-refractivity contribution in [2.45, 2.75) is 69.5 Å². The van der Waals surface area contributed by atoms with Crippen molar-refractivity contribution in [3.05, 3.63) is 118 Å². The predicted molar refractivity (Wildman–Crippen MR) is 190 cm³/mol. The molecule has 48 heavy (non-hydrogen) atoms. The summed E-state index contributed by atoms with van der Waals surface area (Å²) in [4.78, 5) is 29.3. The van der Waals surface area contributed by atoms with E-state index >= 15 is 0 Å². The molecule has 0 radical (unpaired) electrons. The molecule has 252 valence electrons. The lowest BCUT2D eigenvalue weighted by Gasteiger charge is -2.33. The zero-order valence-corrected chi connectivity index (χ0v) is 29.3. The van der Waals surface area contributed by atoms with Crippen LogP contribution in [0.5, 0.6) is 11.5 Å². The summed E-state index contributed by atoms with van der Waals surface area (Å²) in [5.74, 6) is 0.192. The van der Waals surface area contributed by atoms with Crippen LogP contribution in [0, 0.1) is 6.92 Å². The van der Waals surface area contributed by atoms with Gasteiger partial charge in [-0.2, -0.15) is 0 Å². The minimum absolute atomic E-state index is 0.0181. The Morgan fingerprint density at radius 3 is 2.06 bits per heavy atom. The molecule has 0 aliphatic heterocycles. The average molecular weight is 709 g/mol. The molecule has 0 saturated heterocycles. The number of nitrogens with one attached hydrogen (secondary N) is 1. The molecule has 0 aromatic heterocycles. The molecular weight excluding hydrogens is 669 g/mol. The number of aryl methyl sites for hydroxylation is 1. The molecule has 0 bridgehead atoms. The number of amides is 2. The van der Waals surface area contributed by atoms with Gasteiger partial charge in [-0.1, -0.05) is 84.4 Å². The molecule has 1 aliphatic carbocycles. The van der Waals surface area contributed by atoms with Gasteiger partial charge in [0.25, 0.3) is 10.0 Å². The summed E-state index contributed by atoms with van der Waals surface area (Å²) in [5, 5.41) is 3.76. The Hall–Kier alpha value is -4.05. The molecule has 1 N–H and O–H groups in total. The van der Waals surface area contributed by atoms with Crippen molar-refractivity contribution in [2.24, 2.45) is 0 Å². The van der Waals surface area contributed by atoms with Gasteiger partial charge in [0.15, 0.2) is 0 Å². The Kier molecular flexibility index (Phi) is 11.7. The van der Waals surface area contributed by atoms with Crippen molar-refractivity contribution in [2.75, 3.05) is 10.8 Å². The van der Waals surface area contributed by atoms with Crippen LogP contribution in [0.1, 0.15) is 50.2 Å². The van der Waals surface area contributed by atoms with E-state index in [-0.39, 0.29) is 29.1 Å². The van der Waals surface area contributed by atoms with Gasteiger partial charge in [0, 0.05) is 28.2 Å². The fourth-order valence-electron chi connectivity index (χ4n) is 5.68. The van der Waals surface area contributed by atoms with E-state index in [0.717, 1.165) is 42.0 Å². The minimum atomic E-state index is -4.24. The van der Waals surface area contributed by atoms with Crippen molar-refractivity contribution < 1.29 is 22.7 Å². The van der Waals surface area contributed by atoms with Crippen LogP contribution in [0.3, 0.4) is 0 Å². The summed E-state index contributed by atoms with van der Waals surface area (Å²) in [6.07, 6.45) is 4.92. The first kappa shape index (κ1) is 35.3. The Morgan fingerprint density at radius 1 is 0.833 bits per heavy atom. The molecule has 4 aromatic carbocycles. The monoisotopic (exact) mass is 707 g/mol. The lowest BCUT2D eigenvalue weighted by Crippen LogP contribution is -2.53. The first-order chi connectivity index (χ1) is 23.0. The number of sulfonamides is 1. The number of carbonyl (C=O) groups excluding carboxylic acids is 2. The number of carbonyl (C=O) groups is 2. The fraction of sp³-hybridized carbons (Fsp3) is 0.297. The molecule has 1 aliphatic rings. The first-order valence-electron chi connectivity index (χ1n) is 16.0. The van der Waals surface area contributed by atoms with Gasteiger partial charge in [-0.05, 0) is 87.4 Å². The Balaban J connectivity index is 1.49. The topological polar surface area (TPSA) is 96.0 Å². The van der Waals surface area contributed by atoms with Gasteiger partial charge in [-0.25, -0.2) is 8.42 Å². The van der Waals surface area contributed by atoms with Crippen molar-refractivity contribution in [1.29, 1.82) is 0 Å². The van der Waals surface area contributed by atoms with Gasteiger partial charge in [0.1, 0.15) is 24.1 Å². The SMILES string of the molecule is Cc1ccc(S(=O)(=O)N(CC(=O)N(Cc2c(Cl)cccc2Cl)[C@H](C)C(=O)NC2CCCCC2)c2ccc(Oc3ccccc3)cc2)cc1. The first-order valence-corrected chi connectivity index (χ1v) is 18.2. The second kappa shape index (κ2) is 15.9. The maximum Gasteiger partial charge on any atom is 0.264 e. The number of hydrogen-bond acceptors (Lipinski definition) is 5. The van der Waals surface area contributed by atoms with Crippen LogP contribution in [-0.4, -0.2) is 43.8 Å². The third-order valence-electron chi connectivity index (χ3n) is 8.50. The Labute approximate surface area is 292 Å². The summed E-state index contributed by atoms with van der Waals surface area (Å²) in [5.41, 5.74) is 1.60. The molecule has 0 spiro atoms. The maximum atomic E-state index is 14.4. The van der Waals surface area contributed by atoms with Crippen LogP contribution in [0.15, 0.2) is 102 Å². The van der Waals surface area contributed by atoms with Gasteiger partial charge in [-0.3, -0.25) is 13.9 Å². The quantitative estimate of drug-likeness (QED) is 0.160. The highest BCUT2D eigenvalue weighted by atomic mass is 35.5. The highest BCUT2D eigenvalue weighted by Gasteiger charge is 2.34. The summed E-state index contributed by atoms with van der Waals surface area (Å²) < 4.78 is 35.4. The average Bonchev–Trinajstić information content (AvgIpc) is 3.08. The number of benzene rings is 4. The number of rotatable bonds is 12. The van der Waals surface area contributed by atoms with E-state index in [1.54, 1.807) is 61.5 Å². The molecule has 8 nitrogen and oxygen atoms in total. The summed E-state index contributed by atoms with van der Waals surface area (Å²) in [7, 11) is -4.24. The van der Waals surface area contributed by atoms with Gasteiger partial charge >= 0.3 is 0 Å². The van der Waals surface area contributed by atoms with Crippen molar-refractivity contribution in [1.82, 2.24) is 10.2 Å². The molecule has 1 atom stereocenters. The number of hydrogen-bond donors (Lipinski definition) is 1. The van der Waals surface area contributed by atoms with Crippen molar-refractivity contribution >= 4 is 50.7 Å². The summed E-state index contributed by atoms with van der Waals surface area (Å²) in [6.45, 7) is 2.81. The summed E-state index contributed by atoms with van der Waals surface area (Å²) in [6, 6.07) is 26.2. The third kappa shape index (κ3) is 8.69. The van der Waals surface area contributed by atoms with Crippen LogP contribution < -0.4 is 14.4 Å². The normalized spacial score (nSPS) is 14.2. The van der Waals surface area contributed by atoms with Crippen molar-refractivity contribution in [3.8, 4) is 11.5 Å². The Morgan fingerprint density at radius 2 is 1.44 bits per heavy atom. The molecule has 2 amide bonds. The zero-order valence-electron chi connectivity index (χ0n) is 26.9. The number of ether oxygens (including phenoxy) is 1. The van der Waals surface area contributed by atoms with Crippen LogP contribution in [-0.2, 0) is 26.2 Å². The highest BCUT2D eigenvalue weighted by molar-refractivity contribution is 7.92. The lowest BCUT2D eigenvalue weighted by molar-refractivity contribution is -0.139. The van der Waals surface area contributed by atoms with Gasteiger partial charge in [0.2, 0.25) is 11.8 Å². The molecule has 0 unspecified atom stereocenters. The van der Waals surface area contributed by atoms with Crippen LogP contribution >= 0.6 is 23.2 Å². The highest BCUT2D eigenvalue weighted by Crippen LogP contribution is 2.30. The van der Waals surface area contributed by atoms with Crippen LogP contribution in [0.25, 0.3) is 0 Å². The summed E-state index contributed by atoms with van der Waals surface area (Å²) >= 11 is 13.0. The van der Waals surface area contributed by atoms with Crippen LogP contribution in [0.2, 0.25) is 10.0 Å². The largest absolute Gasteiger partial charge is 0.457 e. The van der Waals surface area contributed by atoms with E-state index in [1.165, 1.54) is 17.0 Å². The second-order valence-corrected chi connectivity index (χ2v) is 14.7. The van der Waals surface area contributed by atoms with Crippen LogP contribution in [0.4, 0.5) is 5.69 Å². The molecule has 11 heteroatoms. The second-order valence-electron chi connectivity index (χ2n) is 12.0. The molecule has 4 aromatic rings. The smallest absolute Gasteiger partial charge is 0.264 e. The van der Waals surface area contributed by atoms with Gasteiger partial charge in [-0.15, -0.1) is 0 Å². The molecule has 0 heterocycles. The molecule has 1 fully saturated rings. The molecular formula is C37H39Cl2N3O5S. The predicted octanol–water partition coefficient (Wildman–Crippen LogP) is 8.16. The van der Waals surface area contributed by atoms with E-state index < -0.39 is 28.5 Å². The zero-order chi connectivity index (χ0) is 34.3. The number of halogens is 2. The van der Waals surface area contributed by atoms with E-state index in [4.69, 9.17) is 27.9 Å². The van der Waals surface area contributed by atoms with E-state index in [2.05, 4.69) is 5.32 Å². The number of anilines is 1. The van der Waals surface area contributed by atoms with Gasteiger partial charge in [0.05, 0.1) is 10.6 Å². The number of para-hydroxylation sites is 1. The van der Waals surface area contributed by atoms with E-state index in [1.807, 2.05) is 37.3 Å². The number of nitrogens with zero attached hydrogens (tertiary/aromatic N) is 2. The van der Waals surface area contributed by atoms with E-state index in [9.17, 15) is 18.0 Å². The third-order valence-corrected chi connectivity index (χ3v) is 11.0. The lowest BCUT2D eigenvalue weighted by atomic mass is 9.95. The maximum absolute atomic E-state index is 14.4. The fourth-order valence-corrected chi connectivity index (χ4v) is 7.61.